The largest absolute Gasteiger partial charge is 0.492 e. The Balaban J connectivity index is 0.00000132. The third-order valence-corrected chi connectivity index (χ3v) is 4.35. The summed E-state index contributed by atoms with van der Waals surface area (Å²) in [5.41, 5.74) is 2.61. The van der Waals surface area contributed by atoms with Crippen molar-refractivity contribution < 1.29 is 9.53 Å². The van der Waals surface area contributed by atoms with E-state index in [0.29, 0.717) is 11.5 Å². The van der Waals surface area contributed by atoms with Crippen LogP contribution in [-0.4, -0.2) is 24.0 Å². The van der Waals surface area contributed by atoms with Gasteiger partial charge in [0.1, 0.15) is 17.2 Å². The number of carbonyl (C=O) groups is 1. The van der Waals surface area contributed by atoms with Gasteiger partial charge in [-0.2, -0.15) is 0 Å². The molecule has 23 heavy (non-hydrogen) atoms. The molecule has 0 spiro atoms. The van der Waals surface area contributed by atoms with Crippen LogP contribution in [0.1, 0.15) is 25.9 Å². The van der Waals surface area contributed by atoms with Crippen molar-refractivity contribution in [1.82, 2.24) is 10.3 Å². The summed E-state index contributed by atoms with van der Waals surface area (Å²) in [5.74, 6) is 0.767. The van der Waals surface area contributed by atoms with Crippen molar-refractivity contribution in [2.75, 3.05) is 18.5 Å². The van der Waals surface area contributed by atoms with E-state index in [9.17, 15) is 4.79 Å². The van der Waals surface area contributed by atoms with Gasteiger partial charge in [-0.05, 0) is 32.0 Å². The average Bonchev–Trinajstić information content (AvgIpc) is 2.66. The van der Waals surface area contributed by atoms with E-state index in [2.05, 4.69) is 15.6 Å². The summed E-state index contributed by atoms with van der Waals surface area (Å²) in [5, 5.41) is 7.11. The molecule has 3 rings (SSSR count). The molecule has 0 radical (unpaired) electrons. The number of hydrogen-bond donors (Lipinski definition) is 2. The number of rotatable bonds is 2. The van der Waals surface area contributed by atoms with Gasteiger partial charge in [0, 0.05) is 24.3 Å². The van der Waals surface area contributed by atoms with E-state index in [1.54, 1.807) is 0 Å². The van der Waals surface area contributed by atoms with Gasteiger partial charge in [0.2, 0.25) is 0 Å². The fourth-order valence-electron chi connectivity index (χ4n) is 2.32. The lowest BCUT2D eigenvalue weighted by atomic mass is 10.1. The standard InChI is InChI=1S/C15H17N3O2S.2ClH/c1-9-14(21-10(2)17-9)15(19)18-12-3-4-13-11(7-12)8-16-5-6-20-13;;/h3-4,7,16H,5-6,8H2,1-2H3,(H,18,19);2*1H. The second-order valence-electron chi connectivity index (χ2n) is 4.95. The highest BCUT2D eigenvalue weighted by atomic mass is 35.5. The molecule has 2 N–H and O–H groups in total. The Bertz CT molecular complexity index is 691. The monoisotopic (exact) mass is 375 g/mol. The first-order chi connectivity index (χ1) is 10.1. The van der Waals surface area contributed by atoms with Gasteiger partial charge in [-0.3, -0.25) is 4.79 Å². The number of aryl methyl sites for hydroxylation is 2. The zero-order chi connectivity index (χ0) is 14.8. The van der Waals surface area contributed by atoms with Gasteiger partial charge in [0.15, 0.2) is 0 Å². The summed E-state index contributed by atoms with van der Waals surface area (Å²) in [6, 6.07) is 5.72. The van der Waals surface area contributed by atoms with Crippen LogP contribution in [0, 0.1) is 13.8 Å². The Hall–Kier alpha value is -1.34. The van der Waals surface area contributed by atoms with Gasteiger partial charge < -0.3 is 15.4 Å². The van der Waals surface area contributed by atoms with Crippen molar-refractivity contribution >= 4 is 47.7 Å². The number of anilines is 1. The summed E-state index contributed by atoms with van der Waals surface area (Å²) in [4.78, 5) is 17.2. The van der Waals surface area contributed by atoms with Crippen molar-refractivity contribution in [1.29, 1.82) is 0 Å². The summed E-state index contributed by atoms with van der Waals surface area (Å²) in [6.45, 7) is 6.00. The third kappa shape index (κ3) is 4.57. The zero-order valence-corrected chi connectivity index (χ0v) is 15.3. The first-order valence-corrected chi connectivity index (χ1v) is 7.67. The van der Waals surface area contributed by atoms with Crippen LogP contribution in [0.15, 0.2) is 18.2 Å². The van der Waals surface area contributed by atoms with E-state index < -0.39 is 0 Å². The summed E-state index contributed by atoms with van der Waals surface area (Å²) < 4.78 is 5.63. The quantitative estimate of drug-likeness (QED) is 0.844. The first kappa shape index (κ1) is 19.7. The maximum atomic E-state index is 12.3. The van der Waals surface area contributed by atoms with Gasteiger partial charge in [-0.1, -0.05) is 0 Å². The fourth-order valence-corrected chi connectivity index (χ4v) is 3.14. The van der Waals surface area contributed by atoms with Gasteiger partial charge >= 0.3 is 0 Å². The maximum Gasteiger partial charge on any atom is 0.267 e. The van der Waals surface area contributed by atoms with Gasteiger partial charge in [-0.15, -0.1) is 36.2 Å². The van der Waals surface area contributed by atoms with Crippen molar-refractivity contribution in [2.45, 2.75) is 20.4 Å². The molecule has 2 aromatic rings. The number of benzene rings is 1. The number of ether oxygens (including phenoxy) is 1. The maximum absolute atomic E-state index is 12.3. The van der Waals surface area contributed by atoms with Gasteiger partial charge in [-0.25, -0.2) is 4.98 Å². The molecule has 0 unspecified atom stereocenters. The van der Waals surface area contributed by atoms with Crippen LogP contribution in [-0.2, 0) is 6.54 Å². The molecule has 1 aromatic heterocycles. The number of halogens is 2. The Morgan fingerprint density at radius 1 is 1.35 bits per heavy atom. The molecule has 2 heterocycles. The highest BCUT2D eigenvalue weighted by Crippen LogP contribution is 2.25. The number of aromatic nitrogens is 1. The Labute approximate surface area is 151 Å². The molecule has 0 bridgehead atoms. The SMILES string of the molecule is Cc1nc(C)c(C(=O)Nc2ccc3c(c2)CNCCO3)s1.Cl.Cl. The van der Waals surface area contributed by atoms with Crippen molar-refractivity contribution in [3.05, 3.63) is 39.3 Å². The normalized spacial score (nSPS) is 12.8. The lowest BCUT2D eigenvalue weighted by Gasteiger charge is -2.10. The molecule has 0 fully saturated rings. The zero-order valence-electron chi connectivity index (χ0n) is 12.8. The third-order valence-electron chi connectivity index (χ3n) is 3.28. The molecular weight excluding hydrogens is 357 g/mol. The summed E-state index contributed by atoms with van der Waals surface area (Å²) in [7, 11) is 0. The smallest absolute Gasteiger partial charge is 0.267 e. The molecular formula is C15H19Cl2N3O2S. The number of carbonyl (C=O) groups excluding carboxylic acids is 1. The highest BCUT2D eigenvalue weighted by Gasteiger charge is 2.15. The Morgan fingerprint density at radius 2 is 2.13 bits per heavy atom. The van der Waals surface area contributed by atoms with E-state index in [1.807, 2.05) is 32.0 Å². The lowest BCUT2D eigenvalue weighted by molar-refractivity contribution is 0.103. The molecule has 1 aliphatic rings. The Morgan fingerprint density at radius 3 is 2.83 bits per heavy atom. The van der Waals surface area contributed by atoms with Crippen LogP contribution in [0.2, 0.25) is 0 Å². The average molecular weight is 376 g/mol. The molecule has 0 saturated carbocycles. The molecule has 0 saturated heterocycles. The van der Waals surface area contributed by atoms with Crippen LogP contribution >= 0.6 is 36.2 Å². The van der Waals surface area contributed by atoms with Gasteiger partial charge in [0.05, 0.1) is 10.7 Å². The van der Waals surface area contributed by atoms with Crippen LogP contribution in [0.3, 0.4) is 0 Å². The molecule has 0 atom stereocenters. The van der Waals surface area contributed by atoms with Crippen molar-refractivity contribution in [2.24, 2.45) is 0 Å². The minimum atomic E-state index is -0.111. The van der Waals surface area contributed by atoms with E-state index in [1.165, 1.54) is 11.3 Å². The molecule has 1 amide bonds. The second kappa shape index (κ2) is 8.49. The second-order valence-corrected chi connectivity index (χ2v) is 6.15. The number of fused-ring (bicyclic) bond motifs is 1. The molecule has 5 nitrogen and oxygen atoms in total. The molecule has 126 valence electrons. The van der Waals surface area contributed by atoms with Crippen LogP contribution in [0.5, 0.6) is 5.75 Å². The molecule has 1 aromatic carbocycles. The predicted octanol–water partition coefficient (Wildman–Crippen LogP) is 3.34. The molecule has 0 aliphatic carbocycles. The fraction of sp³-hybridized carbons (Fsp3) is 0.333. The van der Waals surface area contributed by atoms with Crippen molar-refractivity contribution in [3.8, 4) is 5.75 Å². The molecule has 8 heteroatoms. The number of thiazole rings is 1. The van der Waals surface area contributed by atoms with Crippen LogP contribution in [0.4, 0.5) is 5.69 Å². The predicted molar refractivity (Wildman–Crippen MR) is 97.7 cm³/mol. The van der Waals surface area contributed by atoms with E-state index in [0.717, 1.165) is 40.8 Å². The summed E-state index contributed by atoms with van der Waals surface area (Å²) in [6.07, 6.45) is 0. The lowest BCUT2D eigenvalue weighted by Crippen LogP contribution is -2.16. The van der Waals surface area contributed by atoms with Gasteiger partial charge in [0.25, 0.3) is 5.91 Å². The van der Waals surface area contributed by atoms with E-state index in [-0.39, 0.29) is 30.7 Å². The Kier molecular flexibility index (Phi) is 7.28. The minimum absolute atomic E-state index is 0. The topological polar surface area (TPSA) is 63.2 Å². The van der Waals surface area contributed by atoms with Crippen molar-refractivity contribution in [3.63, 3.8) is 0 Å². The number of amides is 1. The number of nitrogens with zero attached hydrogens (tertiary/aromatic N) is 1. The number of nitrogens with one attached hydrogen (secondary N) is 2. The van der Waals surface area contributed by atoms with Crippen LogP contribution < -0.4 is 15.4 Å². The van der Waals surface area contributed by atoms with Crippen LogP contribution in [0.25, 0.3) is 0 Å². The summed E-state index contributed by atoms with van der Waals surface area (Å²) >= 11 is 1.41. The highest BCUT2D eigenvalue weighted by molar-refractivity contribution is 7.13. The minimum Gasteiger partial charge on any atom is -0.492 e. The number of hydrogen-bond acceptors (Lipinski definition) is 5. The van der Waals surface area contributed by atoms with E-state index in [4.69, 9.17) is 4.74 Å². The molecule has 1 aliphatic heterocycles. The van der Waals surface area contributed by atoms with E-state index >= 15 is 0 Å². The first-order valence-electron chi connectivity index (χ1n) is 6.85.